The molecule has 0 aliphatic rings. The van der Waals surface area contributed by atoms with Gasteiger partial charge in [0.2, 0.25) is 5.91 Å². The summed E-state index contributed by atoms with van der Waals surface area (Å²) in [4.78, 5) is 16.0. The Balaban J connectivity index is 2.67. The first-order valence-corrected chi connectivity index (χ1v) is 6.15. The number of nitrogens with two attached hydrogens (primary N) is 1. The summed E-state index contributed by atoms with van der Waals surface area (Å²) >= 11 is 1.49. The number of nitrogens with zero attached hydrogens (tertiary/aromatic N) is 2. The molecule has 0 aromatic carbocycles. The molecule has 0 aliphatic carbocycles. The number of amides is 1. The maximum absolute atomic E-state index is 11.8. The quantitative estimate of drug-likeness (QED) is 0.318. The fourth-order valence-corrected chi connectivity index (χ4v) is 2.04. The van der Waals surface area contributed by atoms with Gasteiger partial charge in [-0.25, -0.2) is 4.98 Å². The molecule has 1 amide bonds. The number of thiazole rings is 1. The lowest BCUT2D eigenvalue weighted by Gasteiger charge is -2.17. The highest BCUT2D eigenvalue weighted by molar-refractivity contribution is 7.09. The van der Waals surface area contributed by atoms with Crippen molar-refractivity contribution in [3.05, 3.63) is 16.6 Å². The van der Waals surface area contributed by atoms with Gasteiger partial charge in [0.15, 0.2) is 5.84 Å². The van der Waals surface area contributed by atoms with Gasteiger partial charge in [-0.15, -0.1) is 11.3 Å². The molecular formula is C10H16N4O2S. The Morgan fingerprint density at radius 2 is 2.47 bits per heavy atom. The van der Waals surface area contributed by atoms with Crippen molar-refractivity contribution in [2.45, 2.75) is 26.3 Å². The van der Waals surface area contributed by atoms with Crippen LogP contribution < -0.4 is 11.1 Å². The summed E-state index contributed by atoms with van der Waals surface area (Å²) in [6.07, 6.45) is 2.43. The third kappa shape index (κ3) is 3.42. The Kier molecular flexibility index (Phi) is 4.89. The molecule has 94 valence electrons. The Morgan fingerprint density at radius 3 is 2.94 bits per heavy atom. The second-order valence-corrected chi connectivity index (χ2v) is 4.51. The second-order valence-electron chi connectivity index (χ2n) is 3.59. The van der Waals surface area contributed by atoms with E-state index in [1.807, 2.05) is 12.3 Å². The van der Waals surface area contributed by atoms with E-state index in [-0.39, 0.29) is 17.8 Å². The van der Waals surface area contributed by atoms with Crippen molar-refractivity contribution in [2.75, 3.05) is 0 Å². The zero-order valence-corrected chi connectivity index (χ0v) is 10.6. The maximum atomic E-state index is 11.8. The summed E-state index contributed by atoms with van der Waals surface area (Å²) in [6, 6.07) is -0.128. The van der Waals surface area contributed by atoms with E-state index < -0.39 is 5.92 Å². The topological polar surface area (TPSA) is 101 Å². The lowest BCUT2D eigenvalue weighted by atomic mass is 10.1. The van der Waals surface area contributed by atoms with E-state index in [4.69, 9.17) is 10.9 Å². The van der Waals surface area contributed by atoms with Crippen molar-refractivity contribution in [3.8, 4) is 0 Å². The predicted octanol–water partition coefficient (Wildman–Crippen LogP) is 1.09. The molecule has 1 heterocycles. The van der Waals surface area contributed by atoms with Crippen molar-refractivity contribution in [2.24, 2.45) is 16.8 Å². The van der Waals surface area contributed by atoms with Gasteiger partial charge < -0.3 is 16.3 Å². The largest absolute Gasteiger partial charge is 0.409 e. The molecule has 0 radical (unpaired) electrons. The van der Waals surface area contributed by atoms with Crippen LogP contribution in [-0.2, 0) is 4.79 Å². The number of carbonyl (C=O) groups is 1. The Hall–Kier alpha value is -1.63. The number of nitrogens with one attached hydrogen (secondary N) is 1. The third-order valence-electron chi connectivity index (χ3n) is 2.43. The number of carbonyl (C=O) groups excluding carboxylic acids is 1. The van der Waals surface area contributed by atoms with E-state index in [1.165, 1.54) is 11.3 Å². The van der Waals surface area contributed by atoms with Gasteiger partial charge in [0.25, 0.3) is 0 Å². The van der Waals surface area contributed by atoms with Crippen LogP contribution >= 0.6 is 11.3 Å². The first-order chi connectivity index (χ1) is 8.10. The average molecular weight is 256 g/mol. The lowest BCUT2D eigenvalue weighted by Crippen LogP contribution is -2.38. The van der Waals surface area contributed by atoms with E-state index in [1.54, 1.807) is 13.1 Å². The maximum Gasteiger partial charge on any atom is 0.231 e. The summed E-state index contributed by atoms with van der Waals surface area (Å²) in [7, 11) is 0. The molecule has 2 unspecified atom stereocenters. The van der Waals surface area contributed by atoms with Crippen LogP contribution in [0.5, 0.6) is 0 Å². The zero-order valence-electron chi connectivity index (χ0n) is 9.75. The van der Waals surface area contributed by atoms with E-state index >= 15 is 0 Å². The van der Waals surface area contributed by atoms with Gasteiger partial charge in [-0.05, 0) is 13.3 Å². The van der Waals surface area contributed by atoms with E-state index in [0.717, 1.165) is 11.4 Å². The molecule has 1 aromatic rings. The molecule has 0 fully saturated rings. The summed E-state index contributed by atoms with van der Waals surface area (Å²) in [5.41, 5.74) is 5.38. The highest BCUT2D eigenvalue weighted by Gasteiger charge is 2.22. The molecule has 0 saturated carbocycles. The molecular weight excluding hydrogens is 240 g/mol. The van der Waals surface area contributed by atoms with Gasteiger partial charge in [-0.1, -0.05) is 12.1 Å². The van der Waals surface area contributed by atoms with Crippen molar-refractivity contribution in [3.63, 3.8) is 0 Å². The SMILES string of the molecule is CCC(NC(=O)C(C)C(N)=NO)c1nccs1. The first kappa shape index (κ1) is 13.4. The number of hydrogen-bond donors (Lipinski definition) is 3. The smallest absolute Gasteiger partial charge is 0.231 e. The number of oxime groups is 1. The summed E-state index contributed by atoms with van der Waals surface area (Å²) in [6.45, 7) is 3.54. The van der Waals surface area contributed by atoms with Gasteiger partial charge in [-0.3, -0.25) is 4.79 Å². The van der Waals surface area contributed by atoms with Gasteiger partial charge in [0.05, 0.1) is 12.0 Å². The summed E-state index contributed by atoms with van der Waals surface area (Å²) in [5, 5.41) is 16.9. The van der Waals surface area contributed by atoms with Crippen LogP contribution in [0.4, 0.5) is 0 Å². The average Bonchev–Trinajstić information content (AvgIpc) is 2.87. The Labute approximate surface area is 104 Å². The van der Waals surface area contributed by atoms with Crippen molar-refractivity contribution in [1.82, 2.24) is 10.3 Å². The lowest BCUT2D eigenvalue weighted by molar-refractivity contribution is -0.123. The monoisotopic (exact) mass is 256 g/mol. The van der Waals surface area contributed by atoms with Crippen LogP contribution in [-0.4, -0.2) is 21.9 Å². The van der Waals surface area contributed by atoms with Gasteiger partial charge in [0, 0.05) is 11.6 Å². The van der Waals surface area contributed by atoms with Crippen LogP contribution in [0.15, 0.2) is 16.7 Å². The van der Waals surface area contributed by atoms with Crippen LogP contribution in [0.2, 0.25) is 0 Å². The number of rotatable bonds is 5. The minimum Gasteiger partial charge on any atom is -0.409 e. The van der Waals surface area contributed by atoms with Crippen molar-refractivity contribution in [1.29, 1.82) is 0 Å². The molecule has 17 heavy (non-hydrogen) atoms. The fraction of sp³-hybridized carbons (Fsp3) is 0.500. The number of amidine groups is 1. The molecule has 1 aromatic heterocycles. The Morgan fingerprint density at radius 1 is 1.76 bits per heavy atom. The highest BCUT2D eigenvalue weighted by atomic mass is 32.1. The zero-order chi connectivity index (χ0) is 12.8. The summed E-state index contributed by atoms with van der Waals surface area (Å²) in [5.74, 6) is -1.03. The van der Waals surface area contributed by atoms with Crippen molar-refractivity contribution >= 4 is 23.1 Å². The molecule has 2 atom stereocenters. The van der Waals surface area contributed by atoms with E-state index in [0.29, 0.717) is 0 Å². The van der Waals surface area contributed by atoms with Crippen LogP contribution in [0.3, 0.4) is 0 Å². The molecule has 0 bridgehead atoms. The van der Waals surface area contributed by atoms with Gasteiger partial charge in [-0.2, -0.15) is 0 Å². The van der Waals surface area contributed by atoms with Gasteiger partial charge >= 0.3 is 0 Å². The van der Waals surface area contributed by atoms with Crippen molar-refractivity contribution < 1.29 is 10.0 Å². The molecule has 0 spiro atoms. The predicted molar refractivity (Wildman–Crippen MR) is 65.9 cm³/mol. The molecule has 7 heteroatoms. The van der Waals surface area contributed by atoms with Crippen LogP contribution in [0, 0.1) is 5.92 Å². The minimum atomic E-state index is -0.658. The van der Waals surface area contributed by atoms with E-state index in [2.05, 4.69) is 15.5 Å². The van der Waals surface area contributed by atoms with Crippen LogP contribution in [0.25, 0.3) is 0 Å². The van der Waals surface area contributed by atoms with E-state index in [9.17, 15) is 4.79 Å². The molecule has 0 saturated heterocycles. The summed E-state index contributed by atoms with van der Waals surface area (Å²) < 4.78 is 0. The Bertz CT molecular complexity index is 391. The fourth-order valence-electron chi connectivity index (χ4n) is 1.26. The molecule has 0 aliphatic heterocycles. The normalized spacial score (nSPS) is 15.3. The number of hydrogen-bond acceptors (Lipinski definition) is 5. The van der Waals surface area contributed by atoms with Gasteiger partial charge in [0.1, 0.15) is 5.01 Å². The highest BCUT2D eigenvalue weighted by Crippen LogP contribution is 2.19. The third-order valence-corrected chi connectivity index (χ3v) is 3.32. The molecule has 4 N–H and O–H groups in total. The standard InChI is InChI=1S/C10H16N4O2S/c1-3-7(10-12-4-5-17-10)13-9(15)6(2)8(11)14-16/h4-7,16H,3H2,1-2H3,(H2,11,14)(H,13,15). The number of aromatic nitrogens is 1. The second kappa shape index (κ2) is 6.19. The first-order valence-electron chi connectivity index (χ1n) is 5.27. The molecule has 1 rings (SSSR count). The molecule has 6 nitrogen and oxygen atoms in total. The minimum absolute atomic E-state index is 0.100. The van der Waals surface area contributed by atoms with Crippen LogP contribution in [0.1, 0.15) is 31.3 Å².